The van der Waals surface area contributed by atoms with Crippen LogP contribution in [0.3, 0.4) is 0 Å². The highest BCUT2D eigenvalue weighted by atomic mass is 19.4. The van der Waals surface area contributed by atoms with E-state index in [0.29, 0.717) is 0 Å². The summed E-state index contributed by atoms with van der Waals surface area (Å²) in [7, 11) is 0. The van der Waals surface area contributed by atoms with E-state index in [1.807, 2.05) is 0 Å². The van der Waals surface area contributed by atoms with Gasteiger partial charge in [-0.3, -0.25) is 0 Å². The molecular weight excluding hydrogens is 689 g/mol. The Bertz CT molecular complexity index is 1180. The molecule has 3 nitrogen and oxygen atoms in total. The fraction of sp³-hybridized carbons (Fsp3) is 0.250. The van der Waals surface area contributed by atoms with Gasteiger partial charge in [-0.25, -0.2) is 0 Å². The van der Waals surface area contributed by atoms with Gasteiger partial charge in [0.1, 0.15) is 17.2 Å². The first-order chi connectivity index (χ1) is 19.8. The SMILES string of the molecule is Oc1cc(C(F)(F)F)cc(C(F)(F)F)c1.Oc1cc(C(F)(F)F)cc(C(F)(F)F)c1.Oc1cc(C(F)(F)F)cc(C(F)(F)F)c1.[B]. The van der Waals surface area contributed by atoms with Crippen molar-refractivity contribution < 1.29 is 94.3 Å². The summed E-state index contributed by atoms with van der Waals surface area (Å²) in [6, 6.07) is 1.22. The predicted octanol–water partition coefficient (Wildman–Crippen LogP) is 9.91. The Labute approximate surface area is 245 Å². The number of alkyl halides is 18. The van der Waals surface area contributed by atoms with Crippen molar-refractivity contribution in [1.82, 2.24) is 0 Å². The van der Waals surface area contributed by atoms with Crippen molar-refractivity contribution in [2.45, 2.75) is 37.1 Å². The molecule has 255 valence electrons. The van der Waals surface area contributed by atoms with Gasteiger partial charge < -0.3 is 15.3 Å². The quantitative estimate of drug-likeness (QED) is 0.162. The van der Waals surface area contributed by atoms with Crippen LogP contribution in [0.1, 0.15) is 33.4 Å². The third-order valence-corrected chi connectivity index (χ3v) is 4.72. The number of phenolic OH excluding ortho intramolecular Hbond substituents is 3. The number of hydrogen-bond donors (Lipinski definition) is 3. The van der Waals surface area contributed by atoms with Crippen LogP contribution in [0.25, 0.3) is 0 Å². The summed E-state index contributed by atoms with van der Waals surface area (Å²) in [5.74, 6) is -3.22. The standard InChI is InChI=1S/3C8H4F6O.B/c3*9-7(10,11)4-1-5(8(12,13)14)3-6(15)2-4;/h3*1-3,15H;. The lowest BCUT2D eigenvalue weighted by molar-refractivity contribution is -0.144. The molecule has 0 atom stereocenters. The molecule has 0 spiro atoms. The lowest BCUT2D eigenvalue weighted by Crippen LogP contribution is -2.10. The molecule has 3 rings (SSSR count). The largest absolute Gasteiger partial charge is 0.508 e. The number of benzene rings is 3. The summed E-state index contributed by atoms with van der Waals surface area (Å²) in [5, 5.41) is 26.2. The molecule has 0 heterocycles. The Kier molecular flexibility index (Phi) is 12.8. The van der Waals surface area contributed by atoms with E-state index in [1.165, 1.54) is 0 Å². The Morgan fingerprint density at radius 3 is 0.457 bits per heavy atom. The molecule has 3 radical (unpaired) electrons. The highest BCUT2D eigenvalue weighted by molar-refractivity contribution is 5.75. The molecule has 46 heavy (non-hydrogen) atoms. The van der Waals surface area contributed by atoms with Gasteiger partial charge >= 0.3 is 37.1 Å². The van der Waals surface area contributed by atoms with Gasteiger partial charge in [0, 0.05) is 8.41 Å². The molecule has 0 saturated heterocycles. The van der Waals surface area contributed by atoms with Crippen molar-refractivity contribution in [3.8, 4) is 17.2 Å². The maximum Gasteiger partial charge on any atom is 0.416 e. The van der Waals surface area contributed by atoms with Crippen molar-refractivity contribution >= 4 is 8.41 Å². The summed E-state index contributed by atoms with van der Waals surface area (Å²) < 4.78 is 217. The summed E-state index contributed by atoms with van der Waals surface area (Å²) in [4.78, 5) is 0. The molecular formula is C24H12BF18O3. The molecule has 0 aliphatic heterocycles. The topological polar surface area (TPSA) is 60.7 Å². The number of hydrogen-bond acceptors (Lipinski definition) is 3. The van der Waals surface area contributed by atoms with Gasteiger partial charge in [0.2, 0.25) is 0 Å². The van der Waals surface area contributed by atoms with E-state index in [9.17, 15) is 79.0 Å². The van der Waals surface area contributed by atoms with Gasteiger partial charge in [-0.15, -0.1) is 0 Å². The first-order valence-electron chi connectivity index (χ1n) is 10.8. The van der Waals surface area contributed by atoms with Crippen molar-refractivity contribution in [2.24, 2.45) is 0 Å². The molecule has 0 unspecified atom stereocenters. The van der Waals surface area contributed by atoms with Gasteiger partial charge in [-0.2, -0.15) is 79.0 Å². The minimum Gasteiger partial charge on any atom is -0.508 e. The molecule has 0 aliphatic carbocycles. The van der Waals surface area contributed by atoms with E-state index in [0.717, 1.165) is 0 Å². The van der Waals surface area contributed by atoms with Gasteiger partial charge in [-0.05, 0) is 54.6 Å². The molecule has 0 fully saturated rings. The highest BCUT2D eigenvalue weighted by Crippen LogP contribution is 2.40. The van der Waals surface area contributed by atoms with Crippen LogP contribution >= 0.6 is 0 Å². The van der Waals surface area contributed by atoms with Crippen LogP contribution in [-0.2, 0) is 37.1 Å². The number of aromatic hydroxyl groups is 3. The lowest BCUT2D eigenvalue weighted by atomic mass is 10.1. The van der Waals surface area contributed by atoms with Crippen molar-refractivity contribution in [1.29, 1.82) is 0 Å². The normalized spacial score (nSPS) is 12.7. The van der Waals surface area contributed by atoms with E-state index in [2.05, 4.69) is 0 Å². The fourth-order valence-corrected chi connectivity index (χ4v) is 2.82. The first-order valence-corrected chi connectivity index (χ1v) is 10.8. The van der Waals surface area contributed by atoms with E-state index in [1.54, 1.807) is 0 Å². The summed E-state index contributed by atoms with van der Waals surface area (Å²) in [6.45, 7) is 0. The van der Waals surface area contributed by atoms with Crippen LogP contribution < -0.4 is 0 Å². The lowest BCUT2D eigenvalue weighted by Gasteiger charge is -2.11. The minimum absolute atomic E-state index is 0. The zero-order valence-electron chi connectivity index (χ0n) is 21.4. The van der Waals surface area contributed by atoms with E-state index >= 15 is 0 Å². The Hall–Kier alpha value is -4.14. The van der Waals surface area contributed by atoms with Gasteiger partial charge in [0.05, 0.1) is 33.4 Å². The van der Waals surface area contributed by atoms with Gasteiger partial charge in [0.15, 0.2) is 0 Å². The molecule has 3 N–H and O–H groups in total. The molecule has 0 aromatic heterocycles. The zero-order valence-corrected chi connectivity index (χ0v) is 21.4. The van der Waals surface area contributed by atoms with E-state index in [-0.39, 0.29) is 63.0 Å². The molecule has 3 aromatic rings. The van der Waals surface area contributed by atoms with Crippen LogP contribution in [0.15, 0.2) is 54.6 Å². The summed E-state index contributed by atoms with van der Waals surface area (Å²) >= 11 is 0. The Morgan fingerprint density at radius 1 is 0.261 bits per heavy atom. The third kappa shape index (κ3) is 13.1. The molecule has 0 saturated carbocycles. The van der Waals surface area contributed by atoms with Crippen molar-refractivity contribution in [3.63, 3.8) is 0 Å². The smallest absolute Gasteiger partial charge is 0.416 e. The minimum atomic E-state index is -4.92. The van der Waals surface area contributed by atoms with Crippen LogP contribution in [-0.4, -0.2) is 23.7 Å². The van der Waals surface area contributed by atoms with Crippen LogP contribution in [0.4, 0.5) is 79.0 Å². The number of phenols is 3. The summed E-state index contributed by atoms with van der Waals surface area (Å²) in [6.07, 6.45) is -29.5. The van der Waals surface area contributed by atoms with Crippen LogP contribution in [0.2, 0.25) is 0 Å². The monoisotopic (exact) mass is 701 g/mol. The van der Waals surface area contributed by atoms with Crippen molar-refractivity contribution in [3.05, 3.63) is 88.0 Å². The van der Waals surface area contributed by atoms with Gasteiger partial charge in [0.25, 0.3) is 0 Å². The van der Waals surface area contributed by atoms with Crippen LogP contribution in [0, 0.1) is 0 Å². The second-order valence-electron chi connectivity index (χ2n) is 8.29. The maximum absolute atomic E-state index is 12.1. The molecule has 0 amide bonds. The average molecular weight is 701 g/mol. The number of rotatable bonds is 0. The molecule has 3 aromatic carbocycles. The highest BCUT2D eigenvalue weighted by Gasteiger charge is 2.39. The average Bonchev–Trinajstić information content (AvgIpc) is 2.80. The predicted molar refractivity (Wildman–Crippen MR) is 120 cm³/mol. The number of halogens is 18. The fourth-order valence-electron chi connectivity index (χ4n) is 2.82. The molecule has 22 heteroatoms. The third-order valence-electron chi connectivity index (χ3n) is 4.72. The molecule has 0 bridgehead atoms. The second-order valence-corrected chi connectivity index (χ2v) is 8.29. The maximum atomic E-state index is 12.1. The zero-order chi connectivity index (χ0) is 35.6. The van der Waals surface area contributed by atoms with E-state index < -0.39 is 87.7 Å². The van der Waals surface area contributed by atoms with Gasteiger partial charge in [-0.1, -0.05) is 0 Å². The second kappa shape index (κ2) is 14.1. The summed E-state index contributed by atoms with van der Waals surface area (Å²) in [5.41, 5.74) is -9.20. The molecule has 0 aliphatic rings. The van der Waals surface area contributed by atoms with Crippen LogP contribution in [0.5, 0.6) is 17.2 Å². The van der Waals surface area contributed by atoms with Crippen molar-refractivity contribution in [2.75, 3.05) is 0 Å². The Morgan fingerprint density at radius 2 is 0.370 bits per heavy atom. The Balaban J connectivity index is 0.000000653. The van der Waals surface area contributed by atoms with E-state index in [4.69, 9.17) is 15.3 Å². The first kappa shape index (κ1) is 41.9.